The van der Waals surface area contributed by atoms with Gasteiger partial charge in [0.25, 0.3) is 5.78 Å². The van der Waals surface area contributed by atoms with E-state index >= 15 is 0 Å². The monoisotopic (exact) mass is 576 g/mol. The zero-order valence-electron chi connectivity index (χ0n) is 19.9. The fraction of sp³-hybridized carbons (Fsp3) is 0.179. The summed E-state index contributed by atoms with van der Waals surface area (Å²) in [6, 6.07) is 15.5. The highest BCUT2D eigenvalue weighted by atomic mass is 79.9. The SMILES string of the molecule is Cc1cc(C)c2nc(N3C(=O)C(=O)/C(=C(/O)c4ccc5c(c4)OCCO5)[C@@H]3c3ccc(Br)cc3)sc2c1. The average molecular weight is 577 g/mol. The minimum absolute atomic E-state index is 0.00356. The van der Waals surface area contributed by atoms with Gasteiger partial charge in [0, 0.05) is 10.0 Å². The zero-order chi connectivity index (χ0) is 25.8. The molecule has 9 heteroatoms. The van der Waals surface area contributed by atoms with E-state index in [0.29, 0.717) is 41.0 Å². The Bertz CT molecular complexity index is 1630. The number of hydrogen-bond donors (Lipinski definition) is 1. The molecule has 0 radical (unpaired) electrons. The molecule has 3 aromatic carbocycles. The van der Waals surface area contributed by atoms with Crippen LogP contribution in [0, 0.1) is 13.8 Å². The molecule has 186 valence electrons. The van der Waals surface area contributed by atoms with Crippen LogP contribution in [0.25, 0.3) is 16.0 Å². The molecule has 1 fully saturated rings. The molecular formula is C28H21BrN2O5S. The number of anilines is 1. The second-order valence-electron chi connectivity index (χ2n) is 9.00. The number of halogens is 1. The van der Waals surface area contributed by atoms with E-state index < -0.39 is 17.7 Å². The molecule has 6 rings (SSSR count). The summed E-state index contributed by atoms with van der Waals surface area (Å²) in [4.78, 5) is 33.1. The largest absolute Gasteiger partial charge is 0.507 e. The lowest BCUT2D eigenvalue weighted by Crippen LogP contribution is -2.29. The number of amides is 1. The summed E-state index contributed by atoms with van der Waals surface area (Å²) >= 11 is 4.80. The number of benzene rings is 3. The van der Waals surface area contributed by atoms with Crippen LogP contribution >= 0.6 is 27.3 Å². The number of ether oxygens (including phenoxy) is 2. The number of thiazole rings is 1. The molecule has 0 bridgehead atoms. The maximum Gasteiger partial charge on any atom is 0.301 e. The van der Waals surface area contributed by atoms with Gasteiger partial charge in [0.1, 0.15) is 19.0 Å². The molecule has 1 N–H and O–H groups in total. The Hall–Kier alpha value is -3.69. The van der Waals surface area contributed by atoms with Crippen LogP contribution in [0.1, 0.15) is 28.3 Å². The highest BCUT2D eigenvalue weighted by Gasteiger charge is 2.48. The molecule has 3 heterocycles. The average Bonchev–Trinajstić information content (AvgIpc) is 3.42. The number of aryl methyl sites for hydroxylation is 2. The number of Topliss-reactive ketones (excluding diaryl/α,β-unsaturated/α-hetero) is 1. The van der Waals surface area contributed by atoms with Crippen LogP contribution in [0.4, 0.5) is 5.13 Å². The van der Waals surface area contributed by atoms with Crippen molar-refractivity contribution in [3.8, 4) is 11.5 Å². The fourth-order valence-corrected chi connectivity index (χ4v) is 6.23. The molecule has 0 saturated carbocycles. The maximum absolute atomic E-state index is 13.5. The van der Waals surface area contributed by atoms with Gasteiger partial charge in [-0.3, -0.25) is 14.5 Å². The van der Waals surface area contributed by atoms with Crippen molar-refractivity contribution in [1.82, 2.24) is 4.98 Å². The number of fused-ring (bicyclic) bond motifs is 2. The number of carbonyl (C=O) groups is 2. The third-order valence-electron chi connectivity index (χ3n) is 6.47. The van der Waals surface area contributed by atoms with Crippen molar-refractivity contribution in [2.24, 2.45) is 0 Å². The number of carbonyl (C=O) groups excluding carboxylic acids is 2. The molecule has 1 amide bonds. The first-order valence-corrected chi connectivity index (χ1v) is 13.3. The van der Waals surface area contributed by atoms with Gasteiger partial charge in [0.2, 0.25) is 0 Å². The summed E-state index contributed by atoms with van der Waals surface area (Å²) in [5, 5.41) is 11.8. The van der Waals surface area contributed by atoms with Gasteiger partial charge >= 0.3 is 5.91 Å². The summed E-state index contributed by atoms with van der Waals surface area (Å²) in [6.45, 7) is 4.80. The van der Waals surface area contributed by atoms with Gasteiger partial charge in [0.05, 0.1) is 21.8 Å². The molecule has 2 aliphatic rings. The molecule has 1 atom stereocenters. The summed E-state index contributed by atoms with van der Waals surface area (Å²) in [5.74, 6) is -0.749. The van der Waals surface area contributed by atoms with E-state index in [0.717, 1.165) is 25.8 Å². The molecule has 1 saturated heterocycles. The van der Waals surface area contributed by atoms with Crippen LogP contribution in [0.15, 0.2) is 64.6 Å². The molecule has 0 aliphatic carbocycles. The number of rotatable bonds is 3. The number of aliphatic hydroxyl groups excluding tert-OH is 1. The van der Waals surface area contributed by atoms with Gasteiger partial charge in [-0.2, -0.15) is 0 Å². The van der Waals surface area contributed by atoms with Crippen molar-refractivity contribution in [3.63, 3.8) is 0 Å². The van der Waals surface area contributed by atoms with E-state index in [1.54, 1.807) is 18.2 Å². The van der Waals surface area contributed by atoms with Crippen molar-refractivity contribution < 1.29 is 24.2 Å². The quantitative estimate of drug-likeness (QED) is 0.181. The lowest BCUT2D eigenvalue weighted by atomic mass is 9.95. The minimum atomic E-state index is -0.858. The molecule has 0 spiro atoms. The number of aliphatic hydroxyl groups is 1. The van der Waals surface area contributed by atoms with Gasteiger partial charge in [-0.25, -0.2) is 4.98 Å². The van der Waals surface area contributed by atoms with E-state index in [-0.39, 0.29) is 11.3 Å². The second-order valence-corrected chi connectivity index (χ2v) is 10.9. The Morgan fingerprint density at radius 1 is 1.03 bits per heavy atom. The molecule has 4 aromatic rings. The number of nitrogens with zero attached hydrogens (tertiary/aromatic N) is 2. The second kappa shape index (κ2) is 9.00. The molecule has 7 nitrogen and oxygen atoms in total. The molecule has 2 aliphatic heterocycles. The highest BCUT2D eigenvalue weighted by Crippen LogP contribution is 2.45. The smallest absolute Gasteiger partial charge is 0.301 e. The Kier molecular flexibility index (Phi) is 5.77. The first kappa shape index (κ1) is 23.7. The van der Waals surface area contributed by atoms with Crippen LogP contribution < -0.4 is 14.4 Å². The van der Waals surface area contributed by atoms with E-state index in [4.69, 9.17) is 14.5 Å². The van der Waals surface area contributed by atoms with E-state index in [1.807, 2.05) is 50.2 Å². The van der Waals surface area contributed by atoms with E-state index in [2.05, 4.69) is 15.9 Å². The Morgan fingerprint density at radius 3 is 2.51 bits per heavy atom. The maximum atomic E-state index is 13.5. The van der Waals surface area contributed by atoms with Crippen LogP contribution in [0.2, 0.25) is 0 Å². The van der Waals surface area contributed by atoms with Crippen molar-refractivity contribution in [3.05, 3.63) is 86.9 Å². The number of hydrogen-bond acceptors (Lipinski definition) is 7. The summed E-state index contributed by atoms with van der Waals surface area (Å²) in [6.07, 6.45) is 0. The summed E-state index contributed by atoms with van der Waals surface area (Å²) in [5.41, 5.74) is 3.90. The standard InChI is InChI=1S/C28H21BrN2O5S/c1-14-11-15(2)23-21(12-14)37-28(30-23)31-24(16-3-6-18(29)7-4-16)22(26(33)27(31)34)25(32)17-5-8-19-20(13-17)36-10-9-35-19/h3-8,11-13,24,32H,9-10H2,1-2H3/b25-22+/t24-/m0/s1. The summed E-state index contributed by atoms with van der Waals surface area (Å²) in [7, 11) is 0. The van der Waals surface area contributed by atoms with E-state index in [9.17, 15) is 14.7 Å². The lowest BCUT2D eigenvalue weighted by molar-refractivity contribution is -0.132. The van der Waals surface area contributed by atoms with Crippen molar-refractivity contribution >= 4 is 60.1 Å². The van der Waals surface area contributed by atoms with Gasteiger partial charge < -0.3 is 14.6 Å². The third kappa shape index (κ3) is 3.98. The van der Waals surface area contributed by atoms with Crippen LogP contribution in [-0.2, 0) is 9.59 Å². The van der Waals surface area contributed by atoms with Crippen molar-refractivity contribution in [2.75, 3.05) is 18.1 Å². The van der Waals surface area contributed by atoms with Crippen molar-refractivity contribution in [2.45, 2.75) is 19.9 Å². The minimum Gasteiger partial charge on any atom is -0.507 e. The van der Waals surface area contributed by atoms with E-state index in [1.165, 1.54) is 16.2 Å². The molecule has 0 unspecified atom stereocenters. The van der Waals surface area contributed by atoms with Gasteiger partial charge in [-0.05, 0) is 66.9 Å². The van der Waals surface area contributed by atoms with Gasteiger partial charge in [0.15, 0.2) is 16.6 Å². The molecular weight excluding hydrogens is 556 g/mol. The van der Waals surface area contributed by atoms with Crippen molar-refractivity contribution in [1.29, 1.82) is 0 Å². The highest BCUT2D eigenvalue weighted by molar-refractivity contribution is 9.10. The Balaban J connectivity index is 1.55. The first-order chi connectivity index (χ1) is 17.8. The topological polar surface area (TPSA) is 89.0 Å². The predicted molar refractivity (Wildman–Crippen MR) is 145 cm³/mol. The predicted octanol–water partition coefficient (Wildman–Crippen LogP) is 6.07. The molecule has 1 aromatic heterocycles. The fourth-order valence-electron chi connectivity index (χ4n) is 4.80. The molecule has 37 heavy (non-hydrogen) atoms. The number of ketones is 1. The first-order valence-electron chi connectivity index (χ1n) is 11.7. The Morgan fingerprint density at radius 2 is 1.76 bits per heavy atom. The lowest BCUT2D eigenvalue weighted by Gasteiger charge is -2.23. The van der Waals surface area contributed by atoms with Crippen LogP contribution in [-0.4, -0.2) is 35.0 Å². The van der Waals surface area contributed by atoms with Gasteiger partial charge in [-0.1, -0.05) is 45.5 Å². The third-order valence-corrected chi connectivity index (χ3v) is 8.00. The Labute approximate surface area is 225 Å². The van der Waals surface area contributed by atoms with Gasteiger partial charge in [-0.15, -0.1) is 0 Å². The number of aromatic nitrogens is 1. The zero-order valence-corrected chi connectivity index (χ0v) is 22.4. The van der Waals surface area contributed by atoms with Crippen LogP contribution in [0.5, 0.6) is 11.5 Å². The van der Waals surface area contributed by atoms with Crippen LogP contribution in [0.3, 0.4) is 0 Å². The normalized spacial score (nSPS) is 18.6. The summed E-state index contributed by atoms with van der Waals surface area (Å²) < 4.78 is 13.0.